The number of carbonyl (C=O) groups excluding carboxylic acids is 3. The molecule has 1 aromatic rings. The van der Waals surface area contributed by atoms with Crippen molar-refractivity contribution in [1.29, 1.82) is 0 Å². The molecule has 0 aliphatic heterocycles. The molecule has 7 heteroatoms. The number of nitrogens with one attached hydrogen (secondary N) is 2. The van der Waals surface area contributed by atoms with E-state index in [2.05, 4.69) is 23.5 Å². The van der Waals surface area contributed by atoms with Crippen LogP contribution >= 0.6 is 0 Å². The molecule has 0 bridgehead atoms. The monoisotopic (exact) mass is 467 g/mol. The predicted molar refractivity (Wildman–Crippen MR) is 131 cm³/mol. The Hall–Kier alpha value is -3.01. The molecule has 0 saturated heterocycles. The number of benzene rings is 1. The molecule has 2 saturated carbocycles. The van der Waals surface area contributed by atoms with Gasteiger partial charge in [-0.15, -0.1) is 6.42 Å². The minimum Gasteiger partial charge on any atom is -0.444 e. The van der Waals surface area contributed by atoms with Crippen molar-refractivity contribution in [3.8, 4) is 12.3 Å². The lowest BCUT2D eigenvalue weighted by molar-refractivity contribution is -0.141. The molecular formula is C27H37N3O4. The van der Waals surface area contributed by atoms with Crippen molar-refractivity contribution in [2.24, 2.45) is 5.92 Å². The van der Waals surface area contributed by atoms with Crippen LogP contribution in [0, 0.1) is 18.3 Å². The Bertz CT molecular complexity index is 940. The first-order valence-electron chi connectivity index (χ1n) is 12.2. The van der Waals surface area contributed by atoms with Gasteiger partial charge < -0.3 is 20.3 Å². The summed E-state index contributed by atoms with van der Waals surface area (Å²) in [4.78, 5) is 41.0. The number of carbonyl (C=O) groups is 3. The van der Waals surface area contributed by atoms with Gasteiger partial charge in [-0.3, -0.25) is 9.59 Å². The zero-order chi connectivity index (χ0) is 24.9. The van der Waals surface area contributed by atoms with Gasteiger partial charge in [0, 0.05) is 17.6 Å². The highest BCUT2D eigenvalue weighted by atomic mass is 16.6. The van der Waals surface area contributed by atoms with E-state index < -0.39 is 17.7 Å². The summed E-state index contributed by atoms with van der Waals surface area (Å²) in [5.41, 5.74) is 0.534. The molecule has 3 unspecified atom stereocenters. The summed E-state index contributed by atoms with van der Waals surface area (Å²) in [7, 11) is 0. The molecule has 1 aromatic carbocycles. The van der Waals surface area contributed by atoms with Crippen molar-refractivity contribution < 1.29 is 19.1 Å². The average molecular weight is 468 g/mol. The minimum atomic E-state index is -0.864. The van der Waals surface area contributed by atoms with Crippen LogP contribution in [0.2, 0.25) is 0 Å². The lowest BCUT2D eigenvalue weighted by atomic mass is 9.93. The van der Waals surface area contributed by atoms with Crippen LogP contribution in [-0.4, -0.2) is 47.0 Å². The Balaban J connectivity index is 1.88. The zero-order valence-corrected chi connectivity index (χ0v) is 20.7. The second-order valence-corrected chi connectivity index (χ2v) is 10.4. The third-order valence-corrected chi connectivity index (χ3v) is 6.38. The normalized spacial score (nSPS) is 21.0. The van der Waals surface area contributed by atoms with Crippen LogP contribution in [0.1, 0.15) is 83.4 Å². The van der Waals surface area contributed by atoms with Gasteiger partial charge in [-0.05, 0) is 57.6 Å². The van der Waals surface area contributed by atoms with Crippen LogP contribution in [0.25, 0.3) is 0 Å². The van der Waals surface area contributed by atoms with E-state index in [0.29, 0.717) is 11.1 Å². The molecule has 2 aliphatic carbocycles. The number of hydrogen-bond donors (Lipinski definition) is 2. The fourth-order valence-electron chi connectivity index (χ4n) is 4.58. The Morgan fingerprint density at radius 3 is 2.41 bits per heavy atom. The summed E-state index contributed by atoms with van der Waals surface area (Å²) in [6.07, 6.45) is 11.1. The number of rotatable bonds is 7. The number of nitrogens with zero attached hydrogens (tertiary/aromatic N) is 1. The molecule has 3 rings (SSSR count). The van der Waals surface area contributed by atoms with Crippen LogP contribution in [0.5, 0.6) is 0 Å². The Labute approximate surface area is 203 Å². The Morgan fingerprint density at radius 1 is 1.18 bits per heavy atom. The van der Waals surface area contributed by atoms with E-state index in [9.17, 15) is 14.4 Å². The third kappa shape index (κ3) is 6.75. The molecule has 2 N–H and O–H groups in total. The summed E-state index contributed by atoms with van der Waals surface area (Å²) in [6, 6.07) is 6.39. The predicted octanol–water partition coefficient (Wildman–Crippen LogP) is 3.92. The van der Waals surface area contributed by atoms with Crippen molar-refractivity contribution in [2.75, 3.05) is 6.54 Å². The van der Waals surface area contributed by atoms with E-state index in [-0.39, 0.29) is 36.4 Å². The number of amides is 3. The molecule has 3 atom stereocenters. The molecule has 184 valence electrons. The van der Waals surface area contributed by atoms with E-state index in [1.807, 2.05) is 18.2 Å². The van der Waals surface area contributed by atoms with Gasteiger partial charge in [0.25, 0.3) is 0 Å². The smallest absolute Gasteiger partial charge is 0.408 e. The van der Waals surface area contributed by atoms with E-state index in [4.69, 9.17) is 11.2 Å². The number of alkyl carbamates (subject to hydrolysis) is 1. The molecule has 0 spiro atoms. The highest BCUT2D eigenvalue weighted by Crippen LogP contribution is 2.41. The van der Waals surface area contributed by atoms with E-state index in [1.54, 1.807) is 31.7 Å². The molecule has 3 amide bonds. The van der Waals surface area contributed by atoms with Crippen molar-refractivity contribution >= 4 is 17.9 Å². The molecule has 34 heavy (non-hydrogen) atoms. The molecule has 0 aromatic heterocycles. The van der Waals surface area contributed by atoms with Crippen molar-refractivity contribution in [3.05, 3.63) is 35.4 Å². The topological polar surface area (TPSA) is 87.7 Å². The van der Waals surface area contributed by atoms with Crippen molar-refractivity contribution in [3.63, 3.8) is 0 Å². The zero-order valence-electron chi connectivity index (χ0n) is 20.7. The summed E-state index contributed by atoms with van der Waals surface area (Å²) in [5.74, 6) is 2.36. The fraction of sp³-hybridized carbons (Fsp3) is 0.593. The van der Waals surface area contributed by atoms with Crippen molar-refractivity contribution in [2.45, 2.75) is 89.9 Å². The van der Waals surface area contributed by atoms with Gasteiger partial charge in [-0.25, -0.2) is 4.79 Å². The maximum atomic E-state index is 13.7. The SMILES string of the molecule is C#Cc1ccccc1C(C(=O)NC1CCCCC1)N(C(=O)CNC(=O)OC(C)(C)C)C1CC1C. The first kappa shape index (κ1) is 25.6. The summed E-state index contributed by atoms with van der Waals surface area (Å²) in [6.45, 7) is 7.07. The van der Waals surface area contributed by atoms with Crippen molar-refractivity contribution in [1.82, 2.24) is 15.5 Å². The van der Waals surface area contributed by atoms with E-state index in [0.717, 1.165) is 32.1 Å². The lowest BCUT2D eigenvalue weighted by Crippen LogP contribution is -2.51. The summed E-state index contributed by atoms with van der Waals surface area (Å²) >= 11 is 0. The van der Waals surface area contributed by atoms with Crippen LogP contribution < -0.4 is 10.6 Å². The molecule has 2 fully saturated rings. The Kier molecular flexibility index (Phi) is 8.24. The van der Waals surface area contributed by atoms with E-state index >= 15 is 0 Å². The summed E-state index contributed by atoms with van der Waals surface area (Å²) in [5, 5.41) is 5.73. The minimum absolute atomic E-state index is 0.0928. The third-order valence-electron chi connectivity index (χ3n) is 6.38. The number of ether oxygens (including phenoxy) is 1. The fourth-order valence-corrected chi connectivity index (χ4v) is 4.58. The number of terminal acetylenes is 1. The van der Waals surface area contributed by atoms with Gasteiger partial charge in [-0.2, -0.15) is 0 Å². The maximum absolute atomic E-state index is 13.7. The van der Waals surface area contributed by atoms with Crippen LogP contribution in [0.4, 0.5) is 4.79 Å². The second-order valence-electron chi connectivity index (χ2n) is 10.4. The van der Waals surface area contributed by atoms with E-state index in [1.165, 1.54) is 6.42 Å². The van der Waals surface area contributed by atoms with Gasteiger partial charge in [0.05, 0.1) is 0 Å². The van der Waals surface area contributed by atoms with Gasteiger partial charge in [0.15, 0.2) is 0 Å². The Morgan fingerprint density at radius 2 is 1.82 bits per heavy atom. The maximum Gasteiger partial charge on any atom is 0.408 e. The van der Waals surface area contributed by atoms with Gasteiger partial charge in [0.2, 0.25) is 11.8 Å². The molecule has 0 radical (unpaired) electrons. The summed E-state index contributed by atoms with van der Waals surface area (Å²) < 4.78 is 5.27. The molecular weight excluding hydrogens is 430 g/mol. The highest BCUT2D eigenvalue weighted by Gasteiger charge is 2.47. The molecule has 0 heterocycles. The van der Waals surface area contributed by atoms with Gasteiger partial charge in [-0.1, -0.05) is 50.3 Å². The average Bonchev–Trinajstić information content (AvgIpc) is 3.50. The second kappa shape index (κ2) is 10.9. The van der Waals surface area contributed by atoms with Crippen LogP contribution in [0.15, 0.2) is 24.3 Å². The molecule has 7 nitrogen and oxygen atoms in total. The standard InChI is InChI=1S/C27H37N3O4/c1-6-19-12-10-11-15-21(19)24(25(32)29-20-13-8-7-9-14-20)30(22-16-18(22)2)23(31)17-28-26(33)34-27(3,4)5/h1,10-12,15,18,20,22,24H,7-9,13-14,16-17H2,2-5H3,(H,28,33)(H,29,32). The van der Waals surface area contributed by atoms with Gasteiger partial charge in [0.1, 0.15) is 18.2 Å². The van der Waals surface area contributed by atoms with Crippen LogP contribution in [0.3, 0.4) is 0 Å². The van der Waals surface area contributed by atoms with Crippen LogP contribution in [-0.2, 0) is 14.3 Å². The highest BCUT2D eigenvalue weighted by molar-refractivity contribution is 5.91. The first-order valence-corrected chi connectivity index (χ1v) is 12.2. The first-order chi connectivity index (χ1) is 16.1. The number of hydrogen-bond acceptors (Lipinski definition) is 4. The quantitative estimate of drug-likeness (QED) is 0.595. The van der Waals surface area contributed by atoms with Gasteiger partial charge >= 0.3 is 6.09 Å². The molecule has 2 aliphatic rings. The largest absolute Gasteiger partial charge is 0.444 e. The lowest BCUT2D eigenvalue weighted by Gasteiger charge is -2.34.